The summed E-state index contributed by atoms with van der Waals surface area (Å²) in [7, 11) is 0. The number of hydrogen-bond acceptors (Lipinski definition) is 19. The van der Waals surface area contributed by atoms with E-state index < -0.39 is 171 Å². The Kier molecular flexibility index (Phi) is 36.2. The highest BCUT2D eigenvalue weighted by Crippen LogP contribution is 2.67. The second-order valence-corrected chi connectivity index (χ2v) is 45.4. The van der Waals surface area contributed by atoms with Crippen molar-refractivity contribution in [3.05, 3.63) is 94.8 Å². The number of carbonyl (C=O) groups excluding carboxylic acids is 16. The highest BCUT2D eigenvalue weighted by Gasteiger charge is 2.73. The summed E-state index contributed by atoms with van der Waals surface area (Å²) in [5.74, 6) is -7.22. The number of ether oxygens (including phenoxy) is 1. The molecule has 3 unspecified atom stereocenters. The number of carbonyl (C=O) groups is 16. The Bertz CT molecular complexity index is 4970. The van der Waals surface area contributed by atoms with E-state index in [4.69, 9.17) is 10.5 Å². The fraction of sp³-hybridized carbons (Fsp3) is 0.703. The van der Waals surface area contributed by atoms with Crippen LogP contribution in [0.3, 0.4) is 0 Å². The molecule has 37 heteroatoms. The molecule has 138 heavy (non-hydrogen) atoms. The Labute approximate surface area is 812 Å². The zero-order valence-electron chi connectivity index (χ0n) is 85.1. The molecule has 0 aromatic carbocycles. The molecular weight excluding hydrogens is 1770 g/mol. The molecule has 11 rings (SSSR count). The summed E-state index contributed by atoms with van der Waals surface area (Å²) in [5.41, 5.74) is 2.23. The maximum absolute atomic E-state index is 14.4. The molecule has 764 valence electrons. The van der Waals surface area contributed by atoms with Crippen molar-refractivity contribution in [2.24, 2.45) is 103 Å². The lowest BCUT2D eigenvalue weighted by Crippen LogP contribution is -2.62. The largest absolute Gasteiger partial charge is 0.448 e. The van der Waals surface area contributed by atoms with Gasteiger partial charge in [0.2, 0.25) is 52.8 Å². The number of fused-ring (bicyclic) bond motifs is 3. The summed E-state index contributed by atoms with van der Waals surface area (Å²) in [4.78, 5) is 243. The van der Waals surface area contributed by atoms with Gasteiger partial charge in [0.1, 0.15) is 42.9 Å². The van der Waals surface area contributed by atoms with Gasteiger partial charge in [-0.25, -0.2) is 19.2 Å². The van der Waals surface area contributed by atoms with E-state index in [-0.39, 0.29) is 137 Å². The quantitative estimate of drug-likeness (QED) is 0.0259. The van der Waals surface area contributed by atoms with Crippen LogP contribution in [0.4, 0.5) is 19.2 Å². The number of unbranched alkanes of at least 4 members (excludes halogenated alkanes) is 1. The van der Waals surface area contributed by atoms with Crippen molar-refractivity contribution in [1.29, 1.82) is 0 Å². The van der Waals surface area contributed by atoms with Gasteiger partial charge in [0.25, 0.3) is 28.8 Å². The molecule has 4 aliphatic heterocycles. The molecule has 4 saturated heterocycles. The van der Waals surface area contributed by atoms with Crippen LogP contribution in [0.25, 0.3) is 0 Å². The topological polar surface area (TPSA) is 498 Å². The van der Waals surface area contributed by atoms with E-state index in [1.807, 2.05) is 111 Å². The van der Waals surface area contributed by atoms with Crippen LogP contribution in [0, 0.1) is 97.6 Å². The molecule has 0 spiro atoms. The number of primary amides is 1. The predicted octanol–water partition coefficient (Wildman–Crippen LogP) is 6.23. The summed E-state index contributed by atoms with van der Waals surface area (Å²) in [5, 5.41) is 30.9. The lowest BCUT2D eigenvalue weighted by atomic mass is 9.80. The lowest BCUT2D eigenvalue weighted by molar-refractivity contribution is -0.145. The van der Waals surface area contributed by atoms with Gasteiger partial charge in [0, 0.05) is 76.9 Å². The molecular formula is C101H156N18O19. The van der Waals surface area contributed by atoms with Gasteiger partial charge in [-0.2, -0.15) is 0 Å². The third-order valence-corrected chi connectivity index (χ3v) is 30.0. The third kappa shape index (κ3) is 27.0. The number of nitrogens with one attached hydrogen (secondary N) is 11. The Balaban J connectivity index is 0.000000232. The minimum Gasteiger partial charge on any atom is -0.448 e. The Morgan fingerprint density at radius 1 is 0.464 bits per heavy atom. The Morgan fingerprint density at radius 2 is 0.797 bits per heavy atom. The average molecular weight is 1930 g/mol. The van der Waals surface area contributed by atoms with Crippen LogP contribution in [-0.2, 0) is 75.4 Å². The van der Waals surface area contributed by atoms with E-state index in [0.29, 0.717) is 58.5 Å². The van der Waals surface area contributed by atoms with Crippen molar-refractivity contribution >= 4 is 94.7 Å². The van der Waals surface area contributed by atoms with Crippen LogP contribution in [-0.4, -0.2) is 248 Å². The number of Topliss-reactive ketones (excluding diaryl/α,β-unsaturated/α-hetero) is 3. The van der Waals surface area contributed by atoms with E-state index in [1.54, 1.807) is 41.6 Å². The standard InChI is InChI=1S/C36H54N6O6.C35H54N6O6.C30H48N6O7/c1-9-16-37-32(46)29(44)24(18-22-13-12-14-22)38-31(45)28-27-23(36(27,7)8)19-42(28)33(47)30(35(4,5)6)40-34(48)39-25(21(2)3)20-41-17-11-10-15-26(41)43;1-10-12-15-23(28(43)31(45)36-17-11-2)37-30(44)27-26-22(35(26,8)9)19-41(27)32(46)29(34(5,6)7)39-33(47)38-24(21(3)4)20-40-18-14-13-16-25(40)42;1-15(2)19(14-35-10-11-43-28(35)42)33-27(41)34-23(29(3,4)5)26(40)36-13-17-20(30(17,6)7)21(36)25(39)32-18(12-16-8-9-16)22(37)24(31)38/h9-11,15,17,21-25,27-28,30H,1,12-14,16,18-20H2,2-8H3,(H,37,46)(H,38,45)(H2,39,40,48);11,13-14,16,18,21-24,26-27,29H,2,10,12,15,17,19-20H2,1,3-9H3,(H,36,45)(H,37,44)(H2,38,39,47);15-21,23H,8-14H2,1-7H3,(H2,31,38)(H,32,39)(H2,33,34,41)/t23-,24?,25+,27-,28-,30+;22-,23?,24+,26-,27-,29+;17-,18?,19+,20-,21-,23+/m000/s1. The number of aromatic nitrogens is 2. The minimum absolute atomic E-state index is 0.00404. The smallest absolute Gasteiger partial charge is 0.410 e. The Hall–Kier alpha value is -11.3. The maximum atomic E-state index is 14.4. The van der Waals surface area contributed by atoms with Gasteiger partial charge in [-0.05, 0) is 129 Å². The number of pyridine rings is 2. The van der Waals surface area contributed by atoms with Crippen molar-refractivity contribution in [3.63, 3.8) is 0 Å². The SMILES string of the molecule is C=CCNC(=O)C(=O)C(CC1CCC1)NC(=O)[C@@H]1[C@@H]2[C@H](CN1C(=O)[C@@H](NC(=O)N[C@H](Cn1ccccc1=O)C(C)C)C(C)(C)C)C2(C)C.C=CCNC(=O)C(=O)C(CCCC)NC(=O)[C@@H]1[C@@H]2[C@H](CN1C(=O)[C@@H](NC(=O)N[C@H](Cn1ccccc1=O)C(C)C)C(C)(C)C)C2(C)C.CC(C)[C@@H](CN1CCOC1=O)NC(=O)N[C@H](C(=O)N1C[C@H]2[C@@H]([C@H]1C(=O)NC(CC1CC1)C(=O)C(N)=O)C2(C)C)C(C)(C)C. The first-order valence-corrected chi connectivity index (χ1v) is 49.3. The molecule has 9 aliphatic rings. The number of nitrogens with zero attached hydrogens (tertiary/aromatic N) is 6. The van der Waals surface area contributed by atoms with Crippen LogP contribution in [0.2, 0.25) is 0 Å². The number of nitrogens with two attached hydrogens (primary N) is 1. The van der Waals surface area contributed by atoms with Crippen molar-refractivity contribution in [2.75, 3.05) is 52.4 Å². The second-order valence-electron chi connectivity index (χ2n) is 45.4. The van der Waals surface area contributed by atoms with Crippen LogP contribution in [0.15, 0.2) is 83.7 Å². The monoisotopic (exact) mass is 1930 g/mol. The van der Waals surface area contributed by atoms with E-state index >= 15 is 0 Å². The molecule has 0 bridgehead atoms. The number of rotatable bonds is 41. The van der Waals surface area contributed by atoms with Gasteiger partial charge in [0.15, 0.2) is 0 Å². The van der Waals surface area contributed by atoms with E-state index in [9.17, 15) is 86.3 Å². The zero-order chi connectivity index (χ0) is 103. The first kappa shape index (κ1) is 110. The van der Waals surface area contributed by atoms with E-state index in [0.717, 1.165) is 38.5 Å². The number of hydrogen-bond donors (Lipinski definition) is 12. The fourth-order valence-electron chi connectivity index (χ4n) is 20.3. The van der Waals surface area contributed by atoms with Crippen LogP contribution < -0.4 is 75.3 Å². The van der Waals surface area contributed by atoms with E-state index in [1.165, 1.54) is 48.1 Å². The van der Waals surface area contributed by atoms with Gasteiger partial charge < -0.3 is 97.7 Å². The van der Waals surface area contributed by atoms with Crippen LogP contribution in [0.5, 0.6) is 0 Å². The summed E-state index contributed by atoms with van der Waals surface area (Å²) in [6.07, 6.45) is 13.0. The molecule has 6 heterocycles. The highest BCUT2D eigenvalue weighted by atomic mass is 16.6. The molecule has 18 atom stereocenters. The second kappa shape index (κ2) is 45.3. The molecule has 5 aliphatic carbocycles. The number of urea groups is 3. The number of cyclic esters (lactones) is 1. The number of ketones is 3. The third-order valence-electron chi connectivity index (χ3n) is 30.0. The zero-order valence-corrected chi connectivity index (χ0v) is 85.1. The van der Waals surface area contributed by atoms with Crippen molar-refractivity contribution in [2.45, 2.75) is 302 Å². The number of piperidine rings is 3. The highest BCUT2D eigenvalue weighted by molar-refractivity contribution is 6.39. The van der Waals surface area contributed by atoms with Crippen molar-refractivity contribution < 1.29 is 81.4 Å². The van der Waals surface area contributed by atoms with Crippen LogP contribution >= 0.6 is 0 Å². The average Bonchev–Trinajstić information content (AvgIpc) is 1.53. The summed E-state index contributed by atoms with van der Waals surface area (Å²) in [6, 6.07) is -1.64. The number of likely N-dealkylation sites (tertiary alicyclic amines) is 3. The van der Waals surface area contributed by atoms with Crippen molar-refractivity contribution in [1.82, 2.24) is 87.2 Å². The van der Waals surface area contributed by atoms with Crippen LogP contribution in [0.1, 0.15) is 217 Å². The van der Waals surface area contributed by atoms with Gasteiger partial charge in [-0.3, -0.25) is 67.1 Å². The normalized spacial score (nSPS) is 23.6. The molecule has 37 nitrogen and oxygen atoms in total. The maximum Gasteiger partial charge on any atom is 0.410 e. The molecule has 16 amide bonds. The molecule has 0 radical (unpaired) electrons. The first-order chi connectivity index (χ1) is 64.3. The summed E-state index contributed by atoms with van der Waals surface area (Å²) >= 11 is 0. The minimum atomic E-state index is -1.10. The first-order valence-electron chi connectivity index (χ1n) is 49.3. The Morgan fingerprint density at radius 3 is 1.09 bits per heavy atom. The number of amides is 16. The lowest BCUT2D eigenvalue weighted by Gasteiger charge is -2.38. The van der Waals surface area contributed by atoms with Gasteiger partial charge >= 0.3 is 24.2 Å². The fourth-order valence-corrected chi connectivity index (χ4v) is 20.3. The molecule has 9 fully saturated rings. The van der Waals surface area contributed by atoms with Gasteiger partial charge in [-0.15, -0.1) is 13.2 Å². The van der Waals surface area contributed by atoms with Crippen molar-refractivity contribution in [3.8, 4) is 0 Å². The van der Waals surface area contributed by atoms with Gasteiger partial charge in [0.05, 0.1) is 42.8 Å². The van der Waals surface area contributed by atoms with Gasteiger partial charge in [-0.1, -0.05) is 222 Å². The molecule has 2 aromatic heterocycles. The summed E-state index contributed by atoms with van der Waals surface area (Å²) in [6.45, 7) is 52.5. The molecule has 13 N–H and O–H groups in total. The summed E-state index contributed by atoms with van der Waals surface area (Å²) < 4.78 is 8.07. The molecule has 2 aromatic rings. The predicted molar refractivity (Wildman–Crippen MR) is 519 cm³/mol. The van der Waals surface area contributed by atoms with E-state index in [2.05, 4.69) is 113 Å². The molecule has 5 saturated carbocycles.